The Morgan fingerprint density at radius 3 is 3.38 bits per heavy atom. The molecular weight excluding hydrogens is 218 g/mol. The van der Waals surface area contributed by atoms with E-state index in [0.717, 1.165) is 24.9 Å². The molecule has 0 aliphatic carbocycles. The molecule has 1 N–H and O–H groups in total. The molecule has 16 heavy (non-hydrogen) atoms. The monoisotopic (exact) mass is 237 g/mol. The van der Waals surface area contributed by atoms with Gasteiger partial charge < -0.3 is 9.88 Å². The third-order valence-corrected chi connectivity index (χ3v) is 4.82. The molecule has 1 aromatic heterocycles. The van der Waals surface area contributed by atoms with Crippen LogP contribution in [0.15, 0.2) is 12.4 Å². The molecule has 2 atom stereocenters. The van der Waals surface area contributed by atoms with Crippen molar-refractivity contribution >= 4 is 11.8 Å². The predicted octanol–water partition coefficient (Wildman–Crippen LogP) is 1.54. The lowest BCUT2D eigenvalue weighted by molar-refractivity contribution is 0.336. The summed E-state index contributed by atoms with van der Waals surface area (Å²) in [5, 5.41) is 3.72. The smallest absolute Gasteiger partial charge is 0.108 e. The van der Waals surface area contributed by atoms with Gasteiger partial charge in [0.2, 0.25) is 0 Å². The third-order valence-electron chi connectivity index (χ3n) is 3.66. The third kappa shape index (κ3) is 2.28. The van der Waals surface area contributed by atoms with Crippen LogP contribution in [0.3, 0.4) is 0 Å². The number of imidazole rings is 1. The molecule has 2 aliphatic rings. The summed E-state index contributed by atoms with van der Waals surface area (Å²) in [6.45, 7) is 2.34. The molecule has 4 heteroatoms. The average molecular weight is 237 g/mol. The minimum absolute atomic E-state index is 0.772. The van der Waals surface area contributed by atoms with Crippen LogP contribution < -0.4 is 5.32 Å². The summed E-state index contributed by atoms with van der Waals surface area (Å²) in [4.78, 5) is 4.37. The fourth-order valence-corrected chi connectivity index (χ4v) is 3.82. The average Bonchev–Trinajstić information content (AvgIpc) is 2.97. The Balaban J connectivity index is 1.50. The molecule has 1 saturated heterocycles. The largest absolute Gasteiger partial charge is 0.335 e. The highest BCUT2D eigenvalue weighted by Crippen LogP contribution is 2.20. The summed E-state index contributed by atoms with van der Waals surface area (Å²) in [5.74, 6) is 4.72. The molecule has 88 valence electrons. The van der Waals surface area contributed by atoms with Crippen LogP contribution in [0.1, 0.15) is 18.7 Å². The van der Waals surface area contributed by atoms with E-state index in [2.05, 4.69) is 32.8 Å². The minimum atomic E-state index is 0.772. The van der Waals surface area contributed by atoms with Gasteiger partial charge in [0, 0.05) is 37.2 Å². The van der Waals surface area contributed by atoms with E-state index in [0.29, 0.717) is 0 Å². The van der Waals surface area contributed by atoms with Gasteiger partial charge in [-0.2, -0.15) is 11.8 Å². The topological polar surface area (TPSA) is 29.9 Å². The van der Waals surface area contributed by atoms with Crippen LogP contribution in [0.4, 0.5) is 0 Å². The van der Waals surface area contributed by atoms with Crippen molar-refractivity contribution < 1.29 is 0 Å². The Morgan fingerprint density at radius 1 is 1.50 bits per heavy atom. The number of rotatable bonds is 3. The van der Waals surface area contributed by atoms with Crippen LogP contribution in [-0.4, -0.2) is 33.6 Å². The number of nitrogens with zero attached hydrogens (tertiary/aromatic N) is 2. The Kier molecular flexibility index (Phi) is 3.20. The highest BCUT2D eigenvalue weighted by Gasteiger charge is 2.21. The van der Waals surface area contributed by atoms with Crippen molar-refractivity contribution in [2.24, 2.45) is 5.92 Å². The maximum atomic E-state index is 4.37. The van der Waals surface area contributed by atoms with Crippen LogP contribution in [0.5, 0.6) is 0 Å². The molecule has 0 saturated carbocycles. The van der Waals surface area contributed by atoms with Crippen LogP contribution in [-0.2, 0) is 13.0 Å². The van der Waals surface area contributed by atoms with Gasteiger partial charge >= 0.3 is 0 Å². The van der Waals surface area contributed by atoms with Gasteiger partial charge in [-0.1, -0.05) is 0 Å². The van der Waals surface area contributed by atoms with Crippen molar-refractivity contribution in [1.82, 2.24) is 14.9 Å². The lowest BCUT2D eigenvalue weighted by atomic mass is 9.99. The zero-order valence-corrected chi connectivity index (χ0v) is 10.4. The van der Waals surface area contributed by atoms with Gasteiger partial charge in [0.05, 0.1) is 0 Å². The van der Waals surface area contributed by atoms with Gasteiger partial charge in [-0.25, -0.2) is 4.98 Å². The highest BCUT2D eigenvalue weighted by atomic mass is 32.2. The van der Waals surface area contributed by atoms with E-state index in [4.69, 9.17) is 0 Å². The van der Waals surface area contributed by atoms with Crippen molar-refractivity contribution in [3.05, 3.63) is 18.2 Å². The Hall–Kier alpha value is -0.480. The first kappa shape index (κ1) is 10.7. The Morgan fingerprint density at radius 2 is 2.50 bits per heavy atom. The van der Waals surface area contributed by atoms with Crippen molar-refractivity contribution in [2.75, 3.05) is 18.1 Å². The van der Waals surface area contributed by atoms with Gasteiger partial charge in [0.1, 0.15) is 5.82 Å². The zero-order valence-electron chi connectivity index (χ0n) is 9.56. The van der Waals surface area contributed by atoms with Gasteiger partial charge in [0.25, 0.3) is 0 Å². The predicted molar refractivity (Wildman–Crippen MR) is 67.8 cm³/mol. The molecule has 0 aromatic carbocycles. The summed E-state index contributed by atoms with van der Waals surface area (Å²) in [6.07, 6.45) is 7.85. The number of hydrogen-bond acceptors (Lipinski definition) is 3. The second kappa shape index (κ2) is 4.80. The summed E-state index contributed by atoms with van der Waals surface area (Å²) >= 11 is 2.08. The molecule has 0 amide bonds. The molecule has 2 aliphatic heterocycles. The first-order valence-electron chi connectivity index (χ1n) is 6.23. The standard InChI is InChI=1S/C12H19N3S/c1-2-12-13-4-5-15(12)8-10(1)7-14-11-3-6-16-9-11/h4-5,10-11,14H,1-3,6-9H2/t10-,11-/m1/s1. The van der Waals surface area contributed by atoms with E-state index in [9.17, 15) is 0 Å². The zero-order chi connectivity index (χ0) is 10.8. The van der Waals surface area contributed by atoms with Gasteiger partial charge in [-0.05, 0) is 31.1 Å². The molecule has 0 bridgehead atoms. The first-order chi connectivity index (χ1) is 7.92. The molecule has 0 spiro atoms. The van der Waals surface area contributed by atoms with Crippen LogP contribution in [0, 0.1) is 5.92 Å². The molecule has 0 radical (unpaired) electrons. The van der Waals surface area contributed by atoms with E-state index >= 15 is 0 Å². The highest BCUT2D eigenvalue weighted by molar-refractivity contribution is 7.99. The summed E-state index contributed by atoms with van der Waals surface area (Å²) in [6, 6.07) is 0.772. The van der Waals surface area contributed by atoms with Crippen molar-refractivity contribution in [3.63, 3.8) is 0 Å². The summed E-state index contributed by atoms with van der Waals surface area (Å²) in [7, 11) is 0. The molecular formula is C12H19N3S. The van der Waals surface area contributed by atoms with E-state index in [1.807, 2.05) is 6.20 Å². The fraction of sp³-hybridized carbons (Fsp3) is 0.750. The van der Waals surface area contributed by atoms with Gasteiger partial charge in [-0.15, -0.1) is 0 Å². The fourth-order valence-electron chi connectivity index (χ4n) is 2.63. The lowest BCUT2D eigenvalue weighted by Crippen LogP contribution is -2.36. The number of hydrogen-bond donors (Lipinski definition) is 1. The summed E-state index contributed by atoms with van der Waals surface area (Å²) in [5.41, 5.74) is 0. The molecule has 1 fully saturated rings. The number of aromatic nitrogens is 2. The normalized spacial score (nSPS) is 29.2. The van der Waals surface area contributed by atoms with E-state index in [1.54, 1.807) is 0 Å². The van der Waals surface area contributed by atoms with Crippen LogP contribution in [0.2, 0.25) is 0 Å². The van der Waals surface area contributed by atoms with Crippen molar-refractivity contribution in [3.8, 4) is 0 Å². The molecule has 3 nitrogen and oxygen atoms in total. The van der Waals surface area contributed by atoms with Gasteiger partial charge in [0.15, 0.2) is 0 Å². The molecule has 0 unspecified atom stereocenters. The number of aryl methyl sites for hydroxylation is 1. The van der Waals surface area contributed by atoms with Crippen molar-refractivity contribution in [2.45, 2.75) is 31.8 Å². The molecule has 1 aromatic rings. The SMILES string of the molecule is c1cn2c(n1)CC[C@H](CN[C@@H]1CCSC1)C2. The number of thioether (sulfide) groups is 1. The molecule has 3 heterocycles. The first-order valence-corrected chi connectivity index (χ1v) is 7.38. The van der Waals surface area contributed by atoms with E-state index in [1.165, 1.54) is 36.7 Å². The number of fused-ring (bicyclic) bond motifs is 1. The van der Waals surface area contributed by atoms with E-state index in [-0.39, 0.29) is 0 Å². The van der Waals surface area contributed by atoms with Crippen molar-refractivity contribution in [1.29, 1.82) is 0 Å². The van der Waals surface area contributed by atoms with Crippen LogP contribution in [0.25, 0.3) is 0 Å². The second-order valence-corrected chi connectivity index (χ2v) is 6.02. The van der Waals surface area contributed by atoms with Crippen LogP contribution >= 0.6 is 11.8 Å². The minimum Gasteiger partial charge on any atom is -0.335 e. The Bertz CT molecular complexity index is 344. The van der Waals surface area contributed by atoms with E-state index < -0.39 is 0 Å². The second-order valence-electron chi connectivity index (χ2n) is 4.87. The summed E-state index contributed by atoms with van der Waals surface area (Å²) < 4.78 is 2.32. The maximum absolute atomic E-state index is 4.37. The molecule has 3 rings (SSSR count). The quantitative estimate of drug-likeness (QED) is 0.865. The Labute approximate surface area is 101 Å². The van der Waals surface area contributed by atoms with Gasteiger partial charge in [-0.3, -0.25) is 0 Å². The maximum Gasteiger partial charge on any atom is 0.108 e. The lowest BCUT2D eigenvalue weighted by Gasteiger charge is -2.25. The number of nitrogens with one attached hydrogen (secondary N) is 1.